The molecule has 0 radical (unpaired) electrons. The summed E-state index contributed by atoms with van der Waals surface area (Å²) in [6.45, 7) is 2.09. The lowest BCUT2D eigenvalue weighted by atomic mass is 10.2. The van der Waals surface area contributed by atoms with E-state index < -0.39 is 11.8 Å². The van der Waals surface area contributed by atoms with Gasteiger partial charge in [0, 0.05) is 17.1 Å². The maximum atomic E-state index is 13.3. The lowest BCUT2D eigenvalue weighted by molar-refractivity contribution is 0.251. The molecule has 0 aliphatic rings. The summed E-state index contributed by atoms with van der Waals surface area (Å²) in [6, 6.07) is 17.6. The molecule has 1 aromatic heterocycles. The van der Waals surface area contributed by atoms with E-state index in [-0.39, 0.29) is 17.4 Å². The summed E-state index contributed by atoms with van der Waals surface area (Å²) in [5.74, 6) is 0.247. The normalized spacial score (nSPS) is 10.8. The van der Waals surface area contributed by atoms with Crippen molar-refractivity contribution in [2.75, 3.05) is 5.32 Å². The molecular formula is C24H20ClF2N5OS. The van der Waals surface area contributed by atoms with E-state index in [9.17, 15) is 13.6 Å². The van der Waals surface area contributed by atoms with Crippen molar-refractivity contribution in [3.63, 3.8) is 0 Å². The summed E-state index contributed by atoms with van der Waals surface area (Å²) < 4.78 is 28.4. The van der Waals surface area contributed by atoms with Gasteiger partial charge in [-0.15, -0.1) is 10.2 Å². The molecule has 0 saturated heterocycles. The van der Waals surface area contributed by atoms with Gasteiger partial charge in [0.1, 0.15) is 11.6 Å². The van der Waals surface area contributed by atoms with Gasteiger partial charge in [0.2, 0.25) is 0 Å². The van der Waals surface area contributed by atoms with Gasteiger partial charge in [0.15, 0.2) is 11.0 Å². The number of rotatable bonds is 7. The lowest BCUT2D eigenvalue weighted by Gasteiger charge is -2.12. The fourth-order valence-corrected chi connectivity index (χ4v) is 4.21. The summed E-state index contributed by atoms with van der Waals surface area (Å²) in [7, 11) is 0. The largest absolute Gasteiger partial charge is 0.331 e. The van der Waals surface area contributed by atoms with Gasteiger partial charge in [-0.05, 0) is 55.0 Å². The fourth-order valence-electron chi connectivity index (χ4n) is 3.10. The van der Waals surface area contributed by atoms with Crippen molar-refractivity contribution in [2.24, 2.45) is 0 Å². The molecule has 0 saturated carbocycles. The molecule has 0 unspecified atom stereocenters. The van der Waals surface area contributed by atoms with E-state index in [4.69, 9.17) is 11.6 Å². The Morgan fingerprint density at radius 1 is 1.03 bits per heavy atom. The van der Waals surface area contributed by atoms with Crippen LogP contribution in [0.15, 0.2) is 71.9 Å². The highest BCUT2D eigenvalue weighted by molar-refractivity contribution is 7.98. The van der Waals surface area contributed by atoms with Crippen molar-refractivity contribution in [2.45, 2.75) is 24.4 Å². The molecule has 3 aromatic carbocycles. The smallest absolute Gasteiger partial charge is 0.319 e. The number of nitrogens with zero attached hydrogens (tertiary/aromatic N) is 3. The average Bonchev–Trinajstić information content (AvgIpc) is 3.23. The fraction of sp³-hybridized carbons (Fsp3) is 0.125. The molecule has 6 nitrogen and oxygen atoms in total. The van der Waals surface area contributed by atoms with Crippen LogP contribution in [0.1, 0.15) is 17.0 Å². The first kappa shape index (κ1) is 23.7. The molecule has 34 heavy (non-hydrogen) atoms. The molecular weight excluding hydrogens is 480 g/mol. The monoisotopic (exact) mass is 499 g/mol. The van der Waals surface area contributed by atoms with Crippen molar-refractivity contribution in [1.29, 1.82) is 0 Å². The lowest BCUT2D eigenvalue weighted by Crippen LogP contribution is -2.29. The van der Waals surface area contributed by atoms with E-state index in [0.29, 0.717) is 22.4 Å². The minimum atomic E-state index is -0.565. The molecule has 4 rings (SSSR count). The maximum Gasteiger partial charge on any atom is 0.319 e. The number of nitrogens with one attached hydrogen (secondary N) is 2. The number of aromatic nitrogens is 3. The summed E-state index contributed by atoms with van der Waals surface area (Å²) in [5, 5.41) is 14.5. The number of halogens is 3. The topological polar surface area (TPSA) is 71.8 Å². The Hall–Kier alpha value is -3.43. The zero-order valence-corrected chi connectivity index (χ0v) is 19.6. The zero-order valence-electron chi connectivity index (χ0n) is 18.1. The van der Waals surface area contributed by atoms with Gasteiger partial charge in [-0.2, -0.15) is 0 Å². The van der Waals surface area contributed by atoms with Crippen molar-refractivity contribution >= 4 is 35.1 Å². The van der Waals surface area contributed by atoms with E-state index in [2.05, 4.69) is 20.8 Å². The van der Waals surface area contributed by atoms with Gasteiger partial charge in [-0.1, -0.05) is 53.2 Å². The highest BCUT2D eigenvalue weighted by Crippen LogP contribution is 2.26. The number of amides is 2. The van der Waals surface area contributed by atoms with Gasteiger partial charge in [-0.25, -0.2) is 13.6 Å². The number of carbonyl (C=O) groups excluding carboxylic acids is 1. The Labute approximate surface area is 204 Å². The second-order valence-corrected chi connectivity index (χ2v) is 8.77. The quantitative estimate of drug-likeness (QED) is 0.300. The van der Waals surface area contributed by atoms with Crippen LogP contribution < -0.4 is 10.6 Å². The van der Waals surface area contributed by atoms with Crippen LogP contribution in [0.3, 0.4) is 0 Å². The molecule has 0 fully saturated rings. The molecule has 0 atom stereocenters. The predicted molar refractivity (Wildman–Crippen MR) is 129 cm³/mol. The first-order chi connectivity index (χ1) is 16.4. The molecule has 0 aliphatic heterocycles. The molecule has 4 aromatic rings. The molecule has 174 valence electrons. The van der Waals surface area contributed by atoms with Gasteiger partial charge >= 0.3 is 6.03 Å². The van der Waals surface area contributed by atoms with Crippen molar-refractivity contribution < 1.29 is 13.6 Å². The van der Waals surface area contributed by atoms with Crippen molar-refractivity contribution in [3.05, 3.63) is 100 Å². The van der Waals surface area contributed by atoms with Gasteiger partial charge < -0.3 is 10.6 Å². The van der Waals surface area contributed by atoms with E-state index in [1.54, 1.807) is 12.1 Å². The van der Waals surface area contributed by atoms with Crippen molar-refractivity contribution in [3.8, 4) is 5.69 Å². The van der Waals surface area contributed by atoms with Crippen LogP contribution in [0.4, 0.5) is 19.3 Å². The first-order valence-corrected chi connectivity index (χ1v) is 11.6. The summed E-state index contributed by atoms with van der Waals surface area (Å²) >= 11 is 7.22. The van der Waals surface area contributed by atoms with Crippen LogP contribution in [-0.4, -0.2) is 20.8 Å². The third-order valence-corrected chi connectivity index (χ3v) is 6.15. The molecule has 1 heterocycles. The van der Waals surface area contributed by atoms with E-state index in [1.165, 1.54) is 42.1 Å². The number of hydrogen-bond acceptors (Lipinski definition) is 4. The third-order valence-electron chi connectivity index (χ3n) is 4.86. The Bertz CT molecular complexity index is 1300. The number of anilines is 1. The highest BCUT2D eigenvalue weighted by atomic mass is 35.5. The maximum absolute atomic E-state index is 13.3. The van der Waals surface area contributed by atoms with E-state index in [1.807, 2.05) is 35.8 Å². The molecule has 2 N–H and O–H groups in total. The third kappa shape index (κ3) is 5.92. The first-order valence-electron chi connectivity index (χ1n) is 10.3. The van der Waals surface area contributed by atoms with Gasteiger partial charge in [-0.3, -0.25) is 4.57 Å². The standard InChI is InChI=1S/C24H20ClF2N5OS/c1-15-2-9-19(10-3-15)32-22(13-28-23(33)29-18-8-11-21(27)20(25)12-18)30-31-24(32)34-14-16-4-6-17(26)7-5-16/h2-12H,13-14H2,1H3,(H2,28,29,33). The summed E-state index contributed by atoms with van der Waals surface area (Å²) in [6.07, 6.45) is 0. The number of thioether (sulfide) groups is 1. The van der Waals surface area contributed by atoms with Gasteiger partial charge in [0.05, 0.1) is 11.6 Å². The zero-order chi connectivity index (χ0) is 24.1. The molecule has 0 aliphatic carbocycles. The molecule has 0 spiro atoms. The Morgan fingerprint density at radius 2 is 1.76 bits per heavy atom. The van der Waals surface area contributed by atoms with Crippen LogP contribution in [0.2, 0.25) is 5.02 Å². The second kappa shape index (κ2) is 10.7. The average molecular weight is 500 g/mol. The van der Waals surface area contributed by atoms with E-state index in [0.717, 1.165) is 16.8 Å². The Balaban J connectivity index is 1.50. The minimum Gasteiger partial charge on any atom is -0.331 e. The SMILES string of the molecule is Cc1ccc(-n2c(CNC(=O)Nc3ccc(F)c(Cl)c3)nnc2SCc2ccc(F)cc2)cc1. The number of urea groups is 1. The summed E-state index contributed by atoms with van der Waals surface area (Å²) in [4.78, 5) is 12.4. The highest BCUT2D eigenvalue weighted by Gasteiger charge is 2.16. The summed E-state index contributed by atoms with van der Waals surface area (Å²) in [5.41, 5.74) is 3.26. The van der Waals surface area contributed by atoms with Crippen LogP contribution >= 0.6 is 23.4 Å². The number of hydrogen-bond donors (Lipinski definition) is 2. The Morgan fingerprint density at radius 3 is 2.47 bits per heavy atom. The van der Waals surface area contributed by atoms with Gasteiger partial charge in [0.25, 0.3) is 0 Å². The predicted octanol–water partition coefficient (Wildman–Crippen LogP) is 6.12. The molecule has 2 amide bonds. The number of carbonyl (C=O) groups is 1. The van der Waals surface area contributed by atoms with E-state index >= 15 is 0 Å². The van der Waals surface area contributed by atoms with Crippen LogP contribution in [0.25, 0.3) is 5.69 Å². The van der Waals surface area contributed by atoms with Crippen LogP contribution in [-0.2, 0) is 12.3 Å². The van der Waals surface area contributed by atoms with Crippen LogP contribution in [0, 0.1) is 18.6 Å². The van der Waals surface area contributed by atoms with Crippen molar-refractivity contribution in [1.82, 2.24) is 20.1 Å². The number of aryl methyl sites for hydroxylation is 1. The minimum absolute atomic E-state index is 0.0836. The molecule has 0 bridgehead atoms. The Kier molecular flexibility index (Phi) is 7.44. The van der Waals surface area contributed by atoms with Crippen LogP contribution in [0.5, 0.6) is 0 Å². The number of benzene rings is 3. The molecule has 10 heteroatoms. The second-order valence-electron chi connectivity index (χ2n) is 7.42.